The average Bonchev–Trinajstić information content (AvgIpc) is 1.86. The third-order valence-corrected chi connectivity index (χ3v) is 2.34. The van der Waals surface area contributed by atoms with Gasteiger partial charge in [0.1, 0.15) is 0 Å². The summed E-state index contributed by atoms with van der Waals surface area (Å²) in [5.41, 5.74) is 0. The second-order valence-corrected chi connectivity index (χ2v) is 3.64. The predicted octanol–water partition coefficient (Wildman–Crippen LogP) is 1.05. The molecule has 1 heteroatoms. The molecule has 6 heavy (non-hydrogen) atoms. The van der Waals surface area contributed by atoms with E-state index in [1.165, 1.54) is 4.44 Å². The van der Waals surface area contributed by atoms with Crippen molar-refractivity contribution in [3.8, 4) is 0 Å². The van der Waals surface area contributed by atoms with E-state index in [0.717, 1.165) is 0 Å². The van der Waals surface area contributed by atoms with Crippen LogP contribution in [0, 0.1) is 6.92 Å². The van der Waals surface area contributed by atoms with Crippen molar-refractivity contribution in [3.05, 3.63) is 21.5 Å². The Morgan fingerprint density at radius 3 is 2.67 bits per heavy atom. The van der Waals surface area contributed by atoms with Crippen molar-refractivity contribution < 1.29 is 0 Å². The second kappa shape index (κ2) is 1.63. The fourth-order valence-electron chi connectivity index (χ4n) is 0.361. The van der Waals surface area contributed by atoms with E-state index in [9.17, 15) is 0 Å². The van der Waals surface area contributed by atoms with Crippen molar-refractivity contribution in [1.82, 2.24) is 0 Å². The van der Waals surface area contributed by atoms with Gasteiger partial charge in [0.05, 0.1) is 0 Å². The van der Waals surface area contributed by atoms with E-state index in [0.29, 0.717) is 14.5 Å². The first-order chi connectivity index (χ1) is 2.89. The van der Waals surface area contributed by atoms with Crippen LogP contribution in [0.2, 0.25) is 0 Å². The van der Waals surface area contributed by atoms with Gasteiger partial charge in [-0.25, -0.2) is 0 Å². The van der Waals surface area contributed by atoms with Gasteiger partial charge < -0.3 is 0 Å². The summed E-state index contributed by atoms with van der Waals surface area (Å²) in [6.07, 6.45) is 0. The maximum absolute atomic E-state index is 2.22. The third-order valence-electron chi connectivity index (χ3n) is 0.663. The van der Waals surface area contributed by atoms with E-state index >= 15 is 0 Å². The molecule has 0 aromatic carbocycles. The van der Waals surface area contributed by atoms with Crippen molar-refractivity contribution in [1.29, 1.82) is 0 Å². The first kappa shape index (κ1) is 4.17. The van der Waals surface area contributed by atoms with Crippen LogP contribution in [-0.2, 0) is 0 Å². The molecule has 0 aliphatic carbocycles. The Hall–Kier alpha value is -0.000519. The van der Waals surface area contributed by atoms with E-state index in [1.54, 1.807) is 0 Å². The monoisotopic (exact) mass is 147 g/mol. The summed E-state index contributed by atoms with van der Waals surface area (Å²) in [7, 11) is 0. The molecule has 0 nitrogen and oxygen atoms in total. The summed E-state index contributed by atoms with van der Waals surface area (Å²) in [5, 5.41) is 0. The van der Waals surface area contributed by atoms with Gasteiger partial charge in [-0.1, -0.05) is 0 Å². The minimum atomic E-state index is 0.708. The molecule has 0 amide bonds. The standard InChI is InChI=1S/C5H6Se/c1-5-3-2-4-6-5/h2-4H,1H3/i1+1. The molecule has 32 valence electrons. The Bertz CT molecular complexity index is 107. The molecule has 0 spiro atoms. The molecular formula is C5H6Se. The van der Waals surface area contributed by atoms with E-state index in [2.05, 4.69) is 24.0 Å². The molecule has 0 bridgehead atoms. The van der Waals surface area contributed by atoms with Crippen LogP contribution < -0.4 is 0 Å². The minimum absolute atomic E-state index is 0.708. The molecule has 0 fully saturated rings. The van der Waals surface area contributed by atoms with Crippen molar-refractivity contribution in [2.24, 2.45) is 0 Å². The third kappa shape index (κ3) is 0.734. The molecule has 0 radical (unpaired) electrons. The van der Waals surface area contributed by atoms with Gasteiger partial charge in [-0.15, -0.1) is 0 Å². The Balaban J connectivity index is 3.05. The van der Waals surface area contributed by atoms with Crippen LogP contribution >= 0.6 is 0 Å². The van der Waals surface area contributed by atoms with Crippen molar-refractivity contribution in [2.75, 3.05) is 0 Å². The maximum atomic E-state index is 2.22. The number of aryl methyl sites for hydroxylation is 1. The van der Waals surface area contributed by atoms with Crippen LogP contribution in [0.1, 0.15) is 4.44 Å². The zero-order valence-corrected chi connectivity index (χ0v) is 5.35. The van der Waals surface area contributed by atoms with Crippen LogP contribution in [0.4, 0.5) is 0 Å². The fraction of sp³-hybridized carbons (Fsp3) is 0.200. The summed E-state index contributed by atoms with van der Waals surface area (Å²) in [5.74, 6) is 0. The molecule has 0 saturated heterocycles. The van der Waals surface area contributed by atoms with Crippen molar-refractivity contribution in [3.63, 3.8) is 0 Å². The fourth-order valence-corrected chi connectivity index (χ4v) is 1.47. The predicted molar refractivity (Wildman–Crippen MR) is 28.1 cm³/mol. The molecule has 0 aliphatic rings. The average molecular weight is 146 g/mol. The zero-order valence-electron chi connectivity index (χ0n) is 3.64. The van der Waals surface area contributed by atoms with Gasteiger partial charge in [0.2, 0.25) is 0 Å². The van der Waals surface area contributed by atoms with Crippen LogP contribution in [0.3, 0.4) is 0 Å². The molecule has 0 atom stereocenters. The second-order valence-electron chi connectivity index (χ2n) is 1.22. The molecule has 1 heterocycles. The van der Waals surface area contributed by atoms with E-state index < -0.39 is 0 Å². The first-order valence-corrected chi connectivity index (χ1v) is 3.74. The molecule has 1 rings (SSSR count). The molecular weight excluding hydrogens is 140 g/mol. The quantitative estimate of drug-likeness (QED) is 0.379. The number of rotatable bonds is 0. The Labute approximate surface area is 43.6 Å². The molecule has 0 aliphatic heterocycles. The Kier molecular flexibility index (Phi) is 1.13. The summed E-state index contributed by atoms with van der Waals surface area (Å²) in [4.78, 5) is 2.22. The van der Waals surface area contributed by atoms with Crippen LogP contribution in [0.15, 0.2) is 17.1 Å². The summed E-state index contributed by atoms with van der Waals surface area (Å²) >= 11 is 0.708. The zero-order chi connectivity index (χ0) is 4.41. The van der Waals surface area contributed by atoms with Gasteiger partial charge in [-0.2, -0.15) is 0 Å². The molecule has 1 aromatic rings. The normalized spacial score (nSPS) is 8.83. The summed E-state index contributed by atoms with van der Waals surface area (Å²) < 4.78 is 1.53. The molecule has 1 aromatic heterocycles. The first-order valence-electron chi connectivity index (χ1n) is 1.90. The molecule has 0 unspecified atom stereocenters. The van der Waals surface area contributed by atoms with E-state index in [4.69, 9.17) is 0 Å². The topological polar surface area (TPSA) is 0 Å². The van der Waals surface area contributed by atoms with Crippen molar-refractivity contribution >= 4 is 14.5 Å². The Morgan fingerprint density at radius 1 is 1.67 bits per heavy atom. The summed E-state index contributed by atoms with van der Waals surface area (Å²) in [6, 6.07) is 4.29. The number of hydrogen-bond donors (Lipinski definition) is 0. The van der Waals surface area contributed by atoms with Gasteiger partial charge >= 0.3 is 42.9 Å². The van der Waals surface area contributed by atoms with Gasteiger partial charge in [0, 0.05) is 0 Å². The SMILES string of the molecule is [13CH3]c1ccc[se]1. The number of hydrogen-bond acceptors (Lipinski definition) is 0. The van der Waals surface area contributed by atoms with Crippen LogP contribution in [-0.4, -0.2) is 14.5 Å². The van der Waals surface area contributed by atoms with Crippen LogP contribution in [0.5, 0.6) is 0 Å². The van der Waals surface area contributed by atoms with Gasteiger partial charge in [-0.3, -0.25) is 0 Å². The van der Waals surface area contributed by atoms with Gasteiger partial charge in [0.25, 0.3) is 0 Å². The van der Waals surface area contributed by atoms with Gasteiger partial charge in [0.15, 0.2) is 0 Å². The molecule has 0 N–H and O–H groups in total. The van der Waals surface area contributed by atoms with Crippen molar-refractivity contribution in [2.45, 2.75) is 6.92 Å². The van der Waals surface area contributed by atoms with Crippen LogP contribution in [0.25, 0.3) is 0 Å². The van der Waals surface area contributed by atoms with Gasteiger partial charge in [-0.05, 0) is 0 Å². The summed E-state index contributed by atoms with van der Waals surface area (Å²) in [6.45, 7) is 2.17. The van der Waals surface area contributed by atoms with E-state index in [1.807, 2.05) is 0 Å². The van der Waals surface area contributed by atoms with E-state index in [-0.39, 0.29) is 0 Å². The molecule has 0 saturated carbocycles. The Morgan fingerprint density at radius 2 is 2.50 bits per heavy atom.